The van der Waals surface area contributed by atoms with E-state index in [-0.39, 0.29) is 0 Å². The third-order valence-electron chi connectivity index (χ3n) is 4.64. The van der Waals surface area contributed by atoms with Gasteiger partial charge in [0.05, 0.1) is 29.1 Å². The van der Waals surface area contributed by atoms with Crippen molar-refractivity contribution in [3.63, 3.8) is 0 Å². The maximum absolute atomic E-state index is 9.07. The zero-order chi connectivity index (χ0) is 14.2. The molecule has 2 N–H and O–H groups in total. The van der Waals surface area contributed by atoms with Gasteiger partial charge in [0, 0.05) is 31.5 Å². The summed E-state index contributed by atoms with van der Waals surface area (Å²) in [5.74, 6) is 0.972. The first-order chi connectivity index (χ1) is 10.3. The number of nitrogens with one attached hydrogen (secondary N) is 2. The molecule has 0 spiro atoms. The number of benzene rings is 1. The van der Waals surface area contributed by atoms with Gasteiger partial charge in [-0.1, -0.05) is 18.2 Å². The number of nitrogens with zero attached hydrogens (tertiary/aromatic N) is 2. The van der Waals surface area contributed by atoms with Crippen LogP contribution in [0.25, 0.3) is 0 Å². The summed E-state index contributed by atoms with van der Waals surface area (Å²) in [5, 5.41) is 16.0. The Hall–Kier alpha value is -2.12. The first-order valence-corrected chi connectivity index (χ1v) is 7.57. The minimum Gasteiger partial charge on any atom is -0.379 e. The maximum atomic E-state index is 9.07. The summed E-state index contributed by atoms with van der Waals surface area (Å²) in [7, 11) is 0. The van der Waals surface area contributed by atoms with Gasteiger partial charge in [0.1, 0.15) is 0 Å². The van der Waals surface area contributed by atoms with Crippen LogP contribution in [-0.2, 0) is 0 Å². The van der Waals surface area contributed by atoms with E-state index in [1.807, 2.05) is 18.2 Å². The number of rotatable bonds is 3. The highest BCUT2D eigenvalue weighted by Crippen LogP contribution is 2.37. The van der Waals surface area contributed by atoms with Crippen molar-refractivity contribution in [3.05, 3.63) is 47.2 Å². The van der Waals surface area contributed by atoms with Gasteiger partial charge in [0.15, 0.2) is 0 Å². The van der Waals surface area contributed by atoms with Gasteiger partial charge in [-0.05, 0) is 24.1 Å². The fraction of sp³-hybridized carbons (Fsp3) is 0.412. The van der Waals surface area contributed by atoms with Crippen LogP contribution in [0.15, 0.2) is 41.0 Å². The fourth-order valence-corrected chi connectivity index (χ4v) is 3.27. The van der Waals surface area contributed by atoms with Gasteiger partial charge in [0.2, 0.25) is 0 Å². The molecule has 4 heteroatoms. The monoisotopic (exact) mass is 278 g/mol. The quantitative estimate of drug-likeness (QED) is 0.882. The number of fused-ring (bicyclic) bond motifs is 1. The van der Waals surface area contributed by atoms with Crippen molar-refractivity contribution in [1.29, 1.82) is 5.26 Å². The Kier molecular flexibility index (Phi) is 3.01. The number of nitriles is 1. The molecule has 1 aromatic rings. The number of allylic oxidation sites excluding steroid dienone is 2. The summed E-state index contributed by atoms with van der Waals surface area (Å²) in [6.45, 7) is 3.01. The SMILES string of the molecule is N#Cc1cccc(C2C=C(NC3CNC3)C3=NCC3C2)c1. The molecule has 2 aliphatic heterocycles. The fourth-order valence-electron chi connectivity index (χ4n) is 3.27. The van der Waals surface area contributed by atoms with Crippen LogP contribution in [0, 0.1) is 17.2 Å². The first-order valence-electron chi connectivity index (χ1n) is 7.57. The van der Waals surface area contributed by atoms with E-state index in [1.165, 1.54) is 17.0 Å². The molecular formula is C17H18N4. The van der Waals surface area contributed by atoms with Gasteiger partial charge < -0.3 is 10.6 Å². The molecule has 2 atom stereocenters. The largest absolute Gasteiger partial charge is 0.379 e. The van der Waals surface area contributed by atoms with Crippen molar-refractivity contribution < 1.29 is 0 Å². The molecule has 1 saturated heterocycles. The first kappa shape index (κ1) is 12.6. The van der Waals surface area contributed by atoms with Crippen molar-refractivity contribution in [3.8, 4) is 6.07 Å². The highest BCUT2D eigenvalue weighted by molar-refractivity contribution is 6.05. The number of hydrogen-bond donors (Lipinski definition) is 2. The third-order valence-corrected chi connectivity index (χ3v) is 4.64. The van der Waals surface area contributed by atoms with Crippen LogP contribution in [-0.4, -0.2) is 31.4 Å². The Morgan fingerprint density at radius 3 is 2.90 bits per heavy atom. The average Bonchev–Trinajstić information content (AvgIpc) is 2.44. The molecule has 1 aromatic carbocycles. The van der Waals surface area contributed by atoms with Crippen molar-refractivity contribution in [1.82, 2.24) is 10.6 Å². The predicted molar refractivity (Wildman–Crippen MR) is 82.2 cm³/mol. The van der Waals surface area contributed by atoms with Crippen LogP contribution < -0.4 is 10.6 Å². The normalized spacial score (nSPS) is 27.4. The van der Waals surface area contributed by atoms with E-state index in [9.17, 15) is 0 Å². The van der Waals surface area contributed by atoms with Crippen LogP contribution in [0.4, 0.5) is 0 Å². The van der Waals surface area contributed by atoms with E-state index in [2.05, 4.69) is 33.8 Å². The predicted octanol–water partition coefficient (Wildman–Crippen LogP) is 1.56. The van der Waals surface area contributed by atoms with Gasteiger partial charge in [-0.2, -0.15) is 5.26 Å². The van der Waals surface area contributed by atoms with Crippen LogP contribution in [0.2, 0.25) is 0 Å². The Balaban J connectivity index is 1.62. The molecule has 2 unspecified atom stereocenters. The molecule has 1 fully saturated rings. The number of hydrogen-bond acceptors (Lipinski definition) is 4. The van der Waals surface area contributed by atoms with Crippen molar-refractivity contribution in [2.75, 3.05) is 19.6 Å². The Labute approximate surface area is 124 Å². The Morgan fingerprint density at radius 2 is 2.24 bits per heavy atom. The van der Waals surface area contributed by atoms with Gasteiger partial charge >= 0.3 is 0 Å². The molecule has 0 radical (unpaired) electrons. The lowest BCUT2D eigenvalue weighted by Gasteiger charge is -2.39. The standard InChI is InChI=1S/C17H18N4/c18-7-11-2-1-3-12(4-11)13-5-14-8-20-17(14)16(6-13)21-15-9-19-10-15/h1-4,6,13-15,19,21H,5,8-10H2. The van der Waals surface area contributed by atoms with Gasteiger partial charge in [-0.25, -0.2) is 0 Å². The van der Waals surface area contributed by atoms with Crippen LogP contribution in [0.3, 0.4) is 0 Å². The molecule has 0 bridgehead atoms. The summed E-state index contributed by atoms with van der Waals surface area (Å²) < 4.78 is 0. The second-order valence-electron chi connectivity index (χ2n) is 6.08. The van der Waals surface area contributed by atoms with E-state index < -0.39 is 0 Å². The molecule has 3 aliphatic rings. The Bertz CT molecular complexity index is 664. The molecule has 106 valence electrons. The van der Waals surface area contributed by atoms with Crippen LogP contribution in [0.5, 0.6) is 0 Å². The second kappa shape index (κ2) is 5.01. The molecule has 2 heterocycles. The highest BCUT2D eigenvalue weighted by atomic mass is 15.1. The van der Waals surface area contributed by atoms with E-state index in [0.29, 0.717) is 17.9 Å². The topological polar surface area (TPSA) is 60.2 Å². The molecule has 0 saturated carbocycles. The second-order valence-corrected chi connectivity index (χ2v) is 6.08. The van der Waals surface area contributed by atoms with Crippen molar-refractivity contribution in [2.24, 2.45) is 10.9 Å². The average molecular weight is 278 g/mol. The van der Waals surface area contributed by atoms with Gasteiger partial charge in [-0.3, -0.25) is 4.99 Å². The zero-order valence-corrected chi connectivity index (χ0v) is 11.8. The molecule has 4 nitrogen and oxygen atoms in total. The minimum atomic E-state index is 0.387. The zero-order valence-electron chi connectivity index (χ0n) is 11.8. The summed E-state index contributed by atoms with van der Waals surface area (Å²) in [6, 6.07) is 10.8. The van der Waals surface area contributed by atoms with E-state index in [4.69, 9.17) is 5.26 Å². The highest BCUT2D eigenvalue weighted by Gasteiger charge is 2.35. The molecule has 0 amide bonds. The molecule has 1 aliphatic carbocycles. The molecule has 0 aromatic heterocycles. The molecule has 4 rings (SSSR count). The van der Waals surface area contributed by atoms with Crippen molar-refractivity contribution in [2.45, 2.75) is 18.4 Å². The van der Waals surface area contributed by atoms with Crippen LogP contribution >= 0.6 is 0 Å². The van der Waals surface area contributed by atoms with Crippen LogP contribution in [0.1, 0.15) is 23.5 Å². The lowest BCUT2D eigenvalue weighted by atomic mass is 9.77. The summed E-state index contributed by atoms with van der Waals surface area (Å²) in [4.78, 5) is 4.56. The summed E-state index contributed by atoms with van der Waals surface area (Å²) in [6.07, 6.45) is 3.42. The summed E-state index contributed by atoms with van der Waals surface area (Å²) in [5.41, 5.74) is 4.46. The van der Waals surface area contributed by atoms with E-state index in [1.54, 1.807) is 0 Å². The van der Waals surface area contributed by atoms with Gasteiger partial charge in [0.25, 0.3) is 0 Å². The molecule has 21 heavy (non-hydrogen) atoms. The Morgan fingerprint density at radius 1 is 1.33 bits per heavy atom. The molecular weight excluding hydrogens is 260 g/mol. The van der Waals surface area contributed by atoms with Gasteiger partial charge in [-0.15, -0.1) is 0 Å². The van der Waals surface area contributed by atoms with E-state index in [0.717, 1.165) is 31.6 Å². The lowest BCUT2D eigenvalue weighted by Crippen LogP contribution is -2.56. The van der Waals surface area contributed by atoms with Crippen molar-refractivity contribution >= 4 is 5.71 Å². The smallest absolute Gasteiger partial charge is 0.0991 e. The van der Waals surface area contributed by atoms with E-state index >= 15 is 0 Å². The third kappa shape index (κ3) is 2.24. The lowest BCUT2D eigenvalue weighted by molar-refractivity contribution is 0.390. The minimum absolute atomic E-state index is 0.387. The number of aliphatic imine (C=N–C) groups is 1. The maximum Gasteiger partial charge on any atom is 0.0991 e. The summed E-state index contributed by atoms with van der Waals surface area (Å²) >= 11 is 0.